The fraction of sp³-hybridized carbons (Fsp3) is 0.545. The molecule has 3 heterocycles. The monoisotopic (exact) mass is 429 g/mol. The maximum Gasteiger partial charge on any atom is 0.231 e. The van der Waals surface area contributed by atoms with Gasteiger partial charge in [-0.1, -0.05) is 19.9 Å². The lowest BCUT2D eigenvalue weighted by Gasteiger charge is -2.36. The Morgan fingerprint density at radius 2 is 2.00 bits per heavy atom. The molecule has 0 bridgehead atoms. The summed E-state index contributed by atoms with van der Waals surface area (Å²) in [6, 6.07) is 6.23. The molecule has 2 aliphatic heterocycles. The minimum Gasteiger partial charge on any atom is -0.454 e. The molecule has 30 heavy (non-hydrogen) atoms. The summed E-state index contributed by atoms with van der Waals surface area (Å²) in [5, 5.41) is 6.90. The van der Waals surface area contributed by atoms with Gasteiger partial charge in [0, 0.05) is 64.0 Å². The molecule has 1 aromatic carbocycles. The molecule has 162 valence electrons. The number of fused-ring (bicyclic) bond motifs is 1. The van der Waals surface area contributed by atoms with E-state index in [2.05, 4.69) is 51.5 Å². The molecular weight excluding hydrogens is 398 g/mol. The molecule has 1 fully saturated rings. The Labute approximate surface area is 182 Å². The third-order valence-corrected chi connectivity index (χ3v) is 6.65. The standard InChI is InChI=1S/C22H31N5O2S/c1-16(2)21-25-18(14-30-21)6-7-24-22(23-3)27-10-8-26(9-11-27)13-17-4-5-19-20(12-17)29-15-28-19/h4-5,12,14,16H,6-11,13,15H2,1-3H3,(H,23,24). The molecule has 0 radical (unpaired) electrons. The van der Waals surface area contributed by atoms with Crippen molar-refractivity contribution in [2.45, 2.75) is 32.7 Å². The summed E-state index contributed by atoms with van der Waals surface area (Å²) < 4.78 is 10.9. The van der Waals surface area contributed by atoms with E-state index in [1.54, 1.807) is 11.3 Å². The first-order valence-corrected chi connectivity index (χ1v) is 11.5. The van der Waals surface area contributed by atoms with Gasteiger partial charge in [0.15, 0.2) is 17.5 Å². The highest BCUT2D eigenvalue weighted by Crippen LogP contribution is 2.32. The number of hydrogen-bond acceptors (Lipinski definition) is 6. The molecular formula is C22H31N5O2S. The van der Waals surface area contributed by atoms with Crippen LogP contribution in [0.2, 0.25) is 0 Å². The van der Waals surface area contributed by atoms with Crippen molar-refractivity contribution in [2.75, 3.05) is 46.6 Å². The van der Waals surface area contributed by atoms with Gasteiger partial charge in [-0.05, 0) is 17.7 Å². The second kappa shape index (κ2) is 9.66. The van der Waals surface area contributed by atoms with E-state index in [1.165, 1.54) is 16.3 Å². The number of thiazole rings is 1. The first kappa shape index (κ1) is 20.9. The van der Waals surface area contributed by atoms with Crippen LogP contribution in [0.1, 0.15) is 36.0 Å². The topological polar surface area (TPSA) is 62.2 Å². The van der Waals surface area contributed by atoms with Gasteiger partial charge in [0.1, 0.15) is 0 Å². The minimum atomic E-state index is 0.324. The van der Waals surface area contributed by atoms with Crippen molar-refractivity contribution in [3.8, 4) is 11.5 Å². The van der Waals surface area contributed by atoms with Crippen molar-refractivity contribution < 1.29 is 9.47 Å². The molecule has 0 aliphatic carbocycles. The number of nitrogens with zero attached hydrogens (tertiary/aromatic N) is 4. The van der Waals surface area contributed by atoms with Crippen LogP contribution in [0.4, 0.5) is 0 Å². The Morgan fingerprint density at radius 3 is 2.73 bits per heavy atom. The summed E-state index contributed by atoms with van der Waals surface area (Å²) >= 11 is 1.76. The van der Waals surface area contributed by atoms with Gasteiger partial charge in [0.25, 0.3) is 0 Å². The highest BCUT2D eigenvalue weighted by atomic mass is 32.1. The lowest BCUT2D eigenvalue weighted by atomic mass is 10.1. The van der Waals surface area contributed by atoms with Gasteiger partial charge < -0.3 is 19.7 Å². The van der Waals surface area contributed by atoms with Crippen LogP contribution in [0, 0.1) is 0 Å². The Kier molecular flexibility index (Phi) is 6.74. The second-order valence-electron chi connectivity index (χ2n) is 8.01. The largest absolute Gasteiger partial charge is 0.454 e. The quantitative estimate of drug-likeness (QED) is 0.563. The molecule has 1 N–H and O–H groups in total. The van der Waals surface area contributed by atoms with E-state index >= 15 is 0 Å². The van der Waals surface area contributed by atoms with Crippen molar-refractivity contribution in [3.63, 3.8) is 0 Å². The lowest BCUT2D eigenvalue weighted by molar-refractivity contribution is 0.171. The first-order valence-electron chi connectivity index (χ1n) is 10.6. The molecule has 0 saturated carbocycles. The Balaban J connectivity index is 1.22. The van der Waals surface area contributed by atoms with E-state index < -0.39 is 0 Å². The normalized spacial score (nSPS) is 17.1. The predicted molar refractivity (Wildman–Crippen MR) is 121 cm³/mol. The highest BCUT2D eigenvalue weighted by Gasteiger charge is 2.21. The predicted octanol–water partition coefficient (Wildman–Crippen LogP) is 2.93. The Hall–Kier alpha value is -2.32. The third-order valence-electron chi connectivity index (χ3n) is 5.45. The zero-order chi connectivity index (χ0) is 20.9. The van der Waals surface area contributed by atoms with Crippen molar-refractivity contribution in [1.82, 2.24) is 20.1 Å². The summed E-state index contributed by atoms with van der Waals surface area (Å²) in [6.45, 7) is 10.5. The molecule has 2 aliphatic rings. The summed E-state index contributed by atoms with van der Waals surface area (Å²) in [7, 11) is 1.86. The number of benzene rings is 1. The van der Waals surface area contributed by atoms with E-state index in [-0.39, 0.29) is 0 Å². The number of hydrogen-bond donors (Lipinski definition) is 1. The van der Waals surface area contributed by atoms with E-state index in [0.717, 1.165) is 63.1 Å². The number of nitrogens with one attached hydrogen (secondary N) is 1. The highest BCUT2D eigenvalue weighted by molar-refractivity contribution is 7.09. The Bertz CT molecular complexity index is 874. The number of piperazine rings is 1. The maximum absolute atomic E-state index is 5.50. The molecule has 0 unspecified atom stereocenters. The SMILES string of the molecule is CN=C(NCCc1csc(C(C)C)n1)N1CCN(Cc2ccc3c(c2)OCO3)CC1. The van der Waals surface area contributed by atoms with E-state index in [0.29, 0.717) is 12.7 Å². The fourth-order valence-electron chi connectivity index (χ4n) is 3.75. The molecule has 4 rings (SSSR count). The van der Waals surface area contributed by atoms with E-state index in [4.69, 9.17) is 14.5 Å². The van der Waals surface area contributed by atoms with Crippen molar-refractivity contribution >= 4 is 17.3 Å². The van der Waals surface area contributed by atoms with Crippen molar-refractivity contribution in [3.05, 3.63) is 39.8 Å². The fourth-order valence-corrected chi connectivity index (χ4v) is 4.62. The number of ether oxygens (including phenoxy) is 2. The number of aromatic nitrogens is 1. The van der Waals surface area contributed by atoms with E-state index in [1.807, 2.05) is 13.1 Å². The molecule has 1 saturated heterocycles. The molecule has 1 aromatic heterocycles. The number of aliphatic imine (C=N–C) groups is 1. The summed E-state index contributed by atoms with van der Waals surface area (Å²) in [4.78, 5) is 14.0. The van der Waals surface area contributed by atoms with Crippen LogP contribution in [0.3, 0.4) is 0 Å². The van der Waals surface area contributed by atoms with Crippen molar-refractivity contribution in [2.24, 2.45) is 4.99 Å². The molecule has 8 heteroatoms. The molecule has 0 spiro atoms. The maximum atomic E-state index is 5.50. The van der Waals surface area contributed by atoms with Crippen LogP contribution in [0.15, 0.2) is 28.6 Å². The molecule has 2 aromatic rings. The smallest absolute Gasteiger partial charge is 0.231 e. The van der Waals surface area contributed by atoms with Crippen LogP contribution in [0.25, 0.3) is 0 Å². The van der Waals surface area contributed by atoms with Gasteiger partial charge >= 0.3 is 0 Å². The van der Waals surface area contributed by atoms with Crippen LogP contribution in [0.5, 0.6) is 11.5 Å². The van der Waals surface area contributed by atoms with E-state index in [9.17, 15) is 0 Å². The van der Waals surface area contributed by atoms with Gasteiger partial charge in [-0.15, -0.1) is 11.3 Å². The first-order chi connectivity index (χ1) is 14.6. The zero-order valence-corrected chi connectivity index (χ0v) is 18.9. The van der Waals surface area contributed by atoms with Gasteiger partial charge in [0.2, 0.25) is 6.79 Å². The third kappa shape index (κ3) is 5.05. The zero-order valence-electron chi connectivity index (χ0n) is 18.1. The van der Waals surface area contributed by atoms with Gasteiger partial charge in [-0.25, -0.2) is 4.98 Å². The average Bonchev–Trinajstić information content (AvgIpc) is 3.41. The molecule has 0 atom stereocenters. The van der Waals surface area contributed by atoms with Crippen LogP contribution in [-0.2, 0) is 13.0 Å². The molecule has 7 nitrogen and oxygen atoms in total. The van der Waals surface area contributed by atoms with Gasteiger partial charge in [-0.2, -0.15) is 0 Å². The van der Waals surface area contributed by atoms with Crippen molar-refractivity contribution in [1.29, 1.82) is 0 Å². The second-order valence-corrected chi connectivity index (χ2v) is 8.90. The summed E-state index contributed by atoms with van der Waals surface area (Å²) in [5.74, 6) is 3.18. The summed E-state index contributed by atoms with van der Waals surface area (Å²) in [5.41, 5.74) is 2.43. The van der Waals surface area contributed by atoms with Gasteiger partial charge in [-0.3, -0.25) is 9.89 Å². The van der Waals surface area contributed by atoms with Crippen LogP contribution < -0.4 is 14.8 Å². The van der Waals surface area contributed by atoms with Crippen LogP contribution >= 0.6 is 11.3 Å². The molecule has 0 amide bonds. The average molecular weight is 430 g/mol. The van der Waals surface area contributed by atoms with Crippen LogP contribution in [-0.4, -0.2) is 67.3 Å². The van der Waals surface area contributed by atoms with Gasteiger partial charge in [0.05, 0.1) is 10.7 Å². The minimum absolute atomic E-state index is 0.324. The lowest BCUT2D eigenvalue weighted by Crippen LogP contribution is -2.52. The number of rotatable bonds is 6. The Morgan fingerprint density at radius 1 is 1.20 bits per heavy atom. The number of guanidine groups is 1. The summed E-state index contributed by atoms with van der Waals surface area (Å²) in [6.07, 6.45) is 0.923.